The molecule has 0 amide bonds. The van der Waals surface area contributed by atoms with E-state index in [-0.39, 0.29) is 0 Å². The minimum Gasteiger partial charge on any atom is -0.385 e. The summed E-state index contributed by atoms with van der Waals surface area (Å²) >= 11 is 0. The molecule has 2 fully saturated rings. The predicted octanol–water partition coefficient (Wildman–Crippen LogP) is 2.93. The van der Waals surface area contributed by atoms with E-state index in [4.69, 9.17) is 0 Å². The van der Waals surface area contributed by atoms with Gasteiger partial charge in [-0.05, 0) is 31.3 Å². The Morgan fingerprint density at radius 3 is 1.31 bits per heavy atom. The van der Waals surface area contributed by atoms with Crippen LogP contribution in [-0.2, 0) is 0 Å². The highest BCUT2D eigenvalue weighted by Crippen LogP contribution is 2.43. The van der Waals surface area contributed by atoms with Crippen LogP contribution in [0.1, 0.15) is 64.2 Å². The number of hydrogen-bond donors (Lipinski definition) is 2. The van der Waals surface area contributed by atoms with Gasteiger partial charge >= 0.3 is 0 Å². The van der Waals surface area contributed by atoms with Gasteiger partial charge in [-0.25, -0.2) is 0 Å². The number of aliphatic hydroxyl groups is 2. The first-order valence-electron chi connectivity index (χ1n) is 6.71. The zero-order valence-corrected chi connectivity index (χ0v) is 10.2. The summed E-state index contributed by atoms with van der Waals surface area (Å²) in [6.45, 7) is 4.05. The maximum Gasteiger partial charge on any atom is 0.0881 e. The molecule has 2 aliphatic carbocycles. The molecule has 0 aliphatic heterocycles. The molecule has 0 heterocycles. The molecule has 16 heavy (non-hydrogen) atoms. The molecule has 0 aromatic heterocycles. The summed E-state index contributed by atoms with van der Waals surface area (Å²) in [5, 5.41) is 21.2. The third-order valence-corrected chi connectivity index (χ3v) is 4.48. The minimum atomic E-state index is -0.787. The Balaban J connectivity index is 2.10. The lowest BCUT2D eigenvalue weighted by atomic mass is 9.69. The largest absolute Gasteiger partial charge is 0.385 e. The zero-order chi connectivity index (χ0) is 11.6. The highest BCUT2D eigenvalue weighted by molar-refractivity contribution is 5.25. The maximum atomic E-state index is 10.6. The van der Waals surface area contributed by atoms with E-state index in [2.05, 4.69) is 6.58 Å². The van der Waals surface area contributed by atoms with Crippen molar-refractivity contribution in [3.8, 4) is 0 Å². The Morgan fingerprint density at radius 1 is 0.688 bits per heavy atom. The lowest BCUT2D eigenvalue weighted by Crippen LogP contribution is -2.46. The SMILES string of the molecule is C=C(C1(O)CCCCC1)C1(O)CCCCC1. The normalized spacial score (nSPS) is 28.6. The van der Waals surface area contributed by atoms with E-state index in [1.54, 1.807) is 0 Å². The number of rotatable bonds is 2. The van der Waals surface area contributed by atoms with Crippen molar-refractivity contribution in [1.82, 2.24) is 0 Å². The molecule has 0 radical (unpaired) electrons. The average molecular weight is 224 g/mol. The smallest absolute Gasteiger partial charge is 0.0881 e. The second-order valence-corrected chi connectivity index (χ2v) is 5.66. The van der Waals surface area contributed by atoms with Crippen LogP contribution in [0.25, 0.3) is 0 Å². The highest BCUT2D eigenvalue weighted by Gasteiger charge is 2.43. The monoisotopic (exact) mass is 224 g/mol. The van der Waals surface area contributed by atoms with Gasteiger partial charge in [0.25, 0.3) is 0 Å². The summed E-state index contributed by atoms with van der Waals surface area (Å²) in [5.41, 5.74) is -0.867. The van der Waals surface area contributed by atoms with E-state index in [0.29, 0.717) is 5.57 Å². The fourth-order valence-electron chi connectivity index (χ4n) is 3.31. The topological polar surface area (TPSA) is 40.5 Å². The molecule has 0 bridgehead atoms. The van der Waals surface area contributed by atoms with Crippen LogP contribution in [0.3, 0.4) is 0 Å². The molecule has 0 atom stereocenters. The Labute approximate surface area is 98.4 Å². The van der Waals surface area contributed by atoms with Crippen LogP contribution in [0.15, 0.2) is 12.2 Å². The molecule has 2 aliphatic rings. The van der Waals surface area contributed by atoms with Crippen molar-refractivity contribution >= 4 is 0 Å². The van der Waals surface area contributed by atoms with Crippen molar-refractivity contribution < 1.29 is 10.2 Å². The summed E-state index contributed by atoms with van der Waals surface area (Å²) < 4.78 is 0. The van der Waals surface area contributed by atoms with E-state index in [0.717, 1.165) is 51.4 Å². The maximum absolute atomic E-state index is 10.6. The molecule has 2 rings (SSSR count). The van der Waals surface area contributed by atoms with Crippen molar-refractivity contribution in [3.05, 3.63) is 12.2 Å². The van der Waals surface area contributed by atoms with Crippen LogP contribution in [0, 0.1) is 0 Å². The fourth-order valence-corrected chi connectivity index (χ4v) is 3.31. The van der Waals surface area contributed by atoms with Gasteiger partial charge in [0.1, 0.15) is 0 Å². The van der Waals surface area contributed by atoms with E-state index in [9.17, 15) is 10.2 Å². The number of hydrogen-bond acceptors (Lipinski definition) is 2. The second-order valence-electron chi connectivity index (χ2n) is 5.66. The van der Waals surface area contributed by atoms with E-state index < -0.39 is 11.2 Å². The van der Waals surface area contributed by atoms with Crippen LogP contribution in [0.5, 0.6) is 0 Å². The molecular formula is C14H24O2. The first-order valence-corrected chi connectivity index (χ1v) is 6.71. The summed E-state index contributed by atoms with van der Waals surface area (Å²) in [5.74, 6) is 0. The Morgan fingerprint density at radius 2 is 1.00 bits per heavy atom. The van der Waals surface area contributed by atoms with E-state index in [1.165, 1.54) is 12.8 Å². The zero-order valence-electron chi connectivity index (χ0n) is 10.2. The molecule has 0 saturated heterocycles. The predicted molar refractivity (Wildman–Crippen MR) is 65.2 cm³/mol. The van der Waals surface area contributed by atoms with Crippen LogP contribution >= 0.6 is 0 Å². The molecule has 2 nitrogen and oxygen atoms in total. The first kappa shape index (κ1) is 12.1. The van der Waals surface area contributed by atoms with Crippen LogP contribution in [-0.4, -0.2) is 21.4 Å². The van der Waals surface area contributed by atoms with Crippen molar-refractivity contribution in [2.24, 2.45) is 0 Å². The van der Waals surface area contributed by atoms with Crippen molar-refractivity contribution in [2.45, 2.75) is 75.4 Å². The first-order chi connectivity index (χ1) is 7.57. The van der Waals surface area contributed by atoms with Crippen LogP contribution < -0.4 is 0 Å². The second kappa shape index (κ2) is 4.50. The van der Waals surface area contributed by atoms with Gasteiger partial charge in [-0.1, -0.05) is 45.1 Å². The lowest BCUT2D eigenvalue weighted by molar-refractivity contribution is -0.0341. The molecular weight excluding hydrogens is 200 g/mol. The van der Waals surface area contributed by atoms with Gasteiger partial charge in [0.15, 0.2) is 0 Å². The summed E-state index contributed by atoms with van der Waals surface area (Å²) in [7, 11) is 0. The van der Waals surface area contributed by atoms with Crippen LogP contribution in [0.2, 0.25) is 0 Å². The van der Waals surface area contributed by atoms with E-state index >= 15 is 0 Å². The van der Waals surface area contributed by atoms with Gasteiger partial charge in [-0.2, -0.15) is 0 Å². The quantitative estimate of drug-likeness (QED) is 0.708. The van der Waals surface area contributed by atoms with Crippen molar-refractivity contribution in [1.29, 1.82) is 0 Å². The van der Waals surface area contributed by atoms with Crippen molar-refractivity contribution in [3.63, 3.8) is 0 Å². The van der Waals surface area contributed by atoms with Gasteiger partial charge in [-0.3, -0.25) is 0 Å². The molecule has 92 valence electrons. The van der Waals surface area contributed by atoms with Gasteiger partial charge in [0.05, 0.1) is 11.2 Å². The highest BCUT2D eigenvalue weighted by atomic mass is 16.3. The van der Waals surface area contributed by atoms with E-state index in [1.807, 2.05) is 0 Å². The van der Waals surface area contributed by atoms with Gasteiger partial charge in [0, 0.05) is 0 Å². The molecule has 2 heteroatoms. The summed E-state index contributed by atoms with van der Waals surface area (Å²) in [6, 6.07) is 0. The lowest BCUT2D eigenvalue weighted by Gasteiger charge is -2.43. The van der Waals surface area contributed by atoms with Gasteiger partial charge < -0.3 is 10.2 Å². The molecule has 2 N–H and O–H groups in total. The molecule has 0 aromatic rings. The summed E-state index contributed by atoms with van der Waals surface area (Å²) in [6.07, 6.45) is 9.79. The molecule has 2 saturated carbocycles. The van der Waals surface area contributed by atoms with Gasteiger partial charge in [0.2, 0.25) is 0 Å². The third kappa shape index (κ3) is 2.18. The third-order valence-electron chi connectivity index (χ3n) is 4.48. The average Bonchev–Trinajstić information content (AvgIpc) is 2.30. The molecule has 0 unspecified atom stereocenters. The Kier molecular flexibility index (Phi) is 3.41. The fraction of sp³-hybridized carbons (Fsp3) is 0.857. The standard InChI is InChI=1S/C14H24O2/c1-12(13(15)8-4-2-5-9-13)14(16)10-6-3-7-11-14/h15-16H,1-11H2. The van der Waals surface area contributed by atoms with Crippen LogP contribution in [0.4, 0.5) is 0 Å². The minimum absolute atomic E-state index is 0.708. The Hall–Kier alpha value is -0.340. The molecule has 0 spiro atoms. The van der Waals surface area contributed by atoms with Crippen molar-refractivity contribution in [2.75, 3.05) is 0 Å². The summed E-state index contributed by atoms with van der Waals surface area (Å²) in [4.78, 5) is 0. The Bertz CT molecular complexity index is 232. The molecule has 0 aromatic carbocycles. The van der Waals surface area contributed by atoms with Gasteiger partial charge in [-0.15, -0.1) is 0 Å².